The molecule has 1 heterocycles. The predicted octanol–water partition coefficient (Wildman–Crippen LogP) is 4.20. The molecule has 3 N–H and O–H groups in total. The summed E-state index contributed by atoms with van der Waals surface area (Å²) in [4.78, 5) is 0. The van der Waals surface area contributed by atoms with Crippen LogP contribution in [0.25, 0.3) is 11.3 Å². The zero-order chi connectivity index (χ0) is 12.6. The van der Waals surface area contributed by atoms with Gasteiger partial charge in [-0.15, -0.1) is 0 Å². The molecule has 0 aliphatic rings. The molecule has 0 unspecified atom stereocenters. The fourth-order valence-electron chi connectivity index (χ4n) is 1.84. The third kappa shape index (κ3) is 2.33. The largest absolute Gasteiger partial charge is 0.382 e. The number of H-pyrrole nitrogens is 1. The highest BCUT2D eigenvalue weighted by Crippen LogP contribution is 2.36. The Morgan fingerprint density at radius 2 is 2.12 bits per heavy atom. The van der Waals surface area contributed by atoms with Crippen LogP contribution in [-0.2, 0) is 0 Å². The van der Waals surface area contributed by atoms with Crippen molar-refractivity contribution in [3.05, 3.63) is 33.3 Å². The highest BCUT2D eigenvalue weighted by molar-refractivity contribution is 9.10. The number of benzene rings is 1. The van der Waals surface area contributed by atoms with Crippen molar-refractivity contribution in [1.29, 1.82) is 0 Å². The molecule has 0 radical (unpaired) electrons. The SMILES string of the molecule is CC(C)c1c(N)n[nH]c1-c1cc(Cl)ccc1Br. The average molecular weight is 315 g/mol. The number of nitrogens with zero attached hydrogens (tertiary/aromatic N) is 1. The van der Waals surface area contributed by atoms with Crippen LogP contribution in [0.15, 0.2) is 22.7 Å². The van der Waals surface area contributed by atoms with Crippen molar-refractivity contribution in [3.8, 4) is 11.3 Å². The number of aromatic nitrogens is 2. The summed E-state index contributed by atoms with van der Waals surface area (Å²) in [6, 6.07) is 5.65. The number of nitrogens with one attached hydrogen (secondary N) is 1. The Morgan fingerprint density at radius 3 is 2.76 bits per heavy atom. The Morgan fingerprint density at radius 1 is 1.41 bits per heavy atom. The highest BCUT2D eigenvalue weighted by Gasteiger charge is 2.17. The maximum atomic E-state index is 6.02. The number of halogens is 2. The van der Waals surface area contributed by atoms with Gasteiger partial charge in [-0.1, -0.05) is 41.4 Å². The molecule has 0 amide bonds. The number of nitrogens with two attached hydrogens (primary N) is 1. The molecule has 0 aliphatic heterocycles. The van der Waals surface area contributed by atoms with Crippen molar-refractivity contribution in [2.75, 3.05) is 5.73 Å². The van der Waals surface area contributed by atoms with Crippen LogP contribution in [0.2, 0.25) is 5.02 Å². The van der Waals surface area contributed by atoms with Gasteiger partial charge >= 0.3 is 0 Å². The van der Waals surface area contributed by atoms with E-state index < -0.39 is 0 Å². The van der Waals surface area contributed by atoms with E-state index >= 15 is 0 Å². The Bertz CT molecular complexity index is 549. The molecule has 5 heteroatoms. The first-order chi connectivity index (χ1) is 8.00. The van der Waals surface area contributed by atoms with Crippen LogP contribution in [-0.4, -0.2) is 10.2 Å². The molecule has 1 aromatic heterocycles. The molecule has 0 saturated heterocycles. The first-order valence-electron chi connectivity index (χ1n) is 5.30. The lowest BCUT2D eigenvalue weighted by molar-refractivity contribution is 0.873. The minimum Gasteiger partial charge on any atom is -0.382 e. The Kier molecular flexibility index (Phi) is 3.45. The topological polar surface area (TPSA) is 54.7 Å². The molecule has 1 aromatic carbocycles. The van der Waals surface area contributed by atoms with E-state index in [9.17, 15) is 0 Å². The summed E-state index contributed by atoms with van der Waals surface area (Å²) in [5, 5.41) is 7.74. The number of aromatic amines is 1. The molecular formula is C12H13BrClN3. The molecule has 0 atom stereocenters. The molecule has 0 aliphatic carbocycles. The summed E-state index contributed by atoms with van der Waals surface area (Å²) in [5.41, 5.74) is 8.80. The molecular weight excluding hydrogens is 302 g/mol. The summed E-state index contributed by atoms with van der Waals surface area (Å²) in [5.74, 6) is 0.844. The maximum Gasteiger partial charge on any atom is 0.149 e. The quantitative estimate of drug-likeness (QED) is 0.873. The van der Waals surface area contributed by atoms with Gasteiger partial charge in [-0.25, -0.2) is 0 Å². The van der Waals surface area contributed by atoms with Crippen molar-refractivity contribution in [2.45, 2.75) is 19.8 Å². The fourth-order valence-corrected chi connectivity index (χ4v) is 2.46. The van der Waals surface area contributed by atoms with Gasteiger partial charge in [-0.05, 0) is 24.1 Å². The van der Waals surface area contributed by atoms with Gasteiger partial charge in [0.15, 0.2) is 0 Å². The molecule has 0 fully saturated rings. The van der Waals surface area contributed by atoms with E-state index in [1.165, 1.54) is 0 Å². The minimum atomic E-state index is 0.301. The number of rotatable bonds is 2. The van der Waals surface area contributed by atoms with E-state index in [0.29, 0.717) is 16.8 Å². The van der Waals surface area contributed by atoms with E-state index in [1.807, 2.05) is 18.2 Å². The van der Waals surface area contributed by atoms with Gasteiger partial charge in [-0.3, -0.25) is 5.10 Å². The summed E-state index contributed by atoms with van der Waals surface area (Å²) < 4.78 is 0.965. The monoisotopic (exact) mass is 313 g/mol. The van der Waals surface area contributed by atoms with Crippen LogP contribution in [0.1, 0.15) is 25.3 Å². The molecule has 0 saturated carbocycles. The van der Waals surface area contributed by atoms with Crippen LogP contribution < -0.4 is 5.73 Å². The molecule has 0 spiro atoms. The minimum absolute atomic E-state index is 0.301. The first kappa shape index (κ1) is 12.5. The van der Waals surface area contributed by atoms with Gasteiger partial charge in [-0.2, -0.15) is 5.10 Å². The van der Waals surface area contributed by atoms with Crippen molar-refractivity contribution in [1.82, 2.24) is 10.2 Å². The van der Waals surface area contributed by atoms with Crippen LogP contribution in [0, 0.1) is 0 Å². The van der Waals surface area contributed by atoms with Gasteiger partial charge in [0.25, 0.3) is 0 Å². The normalized spacial score (nSPS) is 11.1. The molecule has 90 valence electrons. The summed E-state index contributed by atoms with van der Waals surface area (Å²) in [6.45, 7) is 4.17. The van der Waals surface area contributed by atoms with E-state index in [1.54, 1.807) is 0 Å². The van der Waals surface area contributed by atoms with Gasteiger partial charge in [0.1, 0.15) is 5.82 Å². The fraction of sp³-hybridized carbons (Fsp3) is 0.250. The lowest BCUT2D eigenvalue weighted by atomic mass is 9.99. The van der Waals surface area contributed by atoms with E-state index in [2.05, 4.69) is 40.0 Å². The van der Waals surface area contributed by atoms with E-state index in [4.69, 9.17) is 17.3 Å². The zero-order valence-corrected chi connectivity index (χ0v) is 11.9. The Balaban J connectivity index is 2.64. The Hall–Kier alpha value is -1.000. The van der Waals surface area contributed by atoms with Crippen LogP contribution >= 0.6 is 27.5 Å². The van der Waals surface area contributed by atoms with Crippen molar-refractivity contribution in [3.63, 3.8) is 0 Å². The second kappa shape index (κ2) is 4.70. The molecule has 0 bridgehead atoms. The summed E-state index contributed by atoms with van der Waals surface area (Å²) in [6.07, 6.45) is 0. The van der Waals surface area contributed by atoms with Gasteiger partial charge in [0.2, 0.25) is 0 Å². The molecule has 2 aromatic rings. The second-order valence-electron chi connectivity index (χ2n) is 4.18. The van der Waals surface area contributed by atoms with Gasteiger partial charge < -0.3 is 5.73 Å². The van der Waals surface area contributed by atoms with Crippen molar-refractivity contribution in [2.24, 2.45) is 0 Å². The number of hydrogen-bond acceptors (Lipinski definition) is 2. The third-order valence-corrected chi connectivity index (χ3v) is 3.54. The zero-order valence-electron chi connectivity index (χ0n) is 9.59. The summed E-state index contributed by atoms with van der Waals surface area (Å²) in [7, 11) is 0. The predicted molar refractivity (Wildman–Crippen MR) is 75.2 cm³/mol. The smallest absolute Gasteiger partial charge is 0.149 e. The molecule has 3 nitrogen and oxygen atoms in total. The highest BCUT2D eigenvalue weighted by atomic mass is 79.9. The Labute approximate surface area is 113 Å². The van der Waals surface area contributed by atoms with Crippen LogP contribution in [0.4, 0.5) is 5.82 Å². The van der Waals surface area contributed by atoms with Crippen molar-refractivity contribution >= 4 is 33.3 Å². The average Bonchev–Trinajstić information content (AvgIpc) is 2.64. The summed E-state index contributed by atoms with van der Waals surface area (Å²) >= 11 is 9.53. The van der Waals surface area contributed by atoms with Gasteiger partial charge in [0, 0.05) is 20.6 Å². The number of anilines is 1. The van der Waals surface area contributed by atoms with E-state index in [-0.39, 0.29) is 0 Å². The lowest BCUT2D eigenvalue weighted by Gasteiger charge is -2.09. The van der Waals surface area contributed by atoms with Gasteiger partial charge in [0.05, 0.1) is 5.69 Å². The van der Waals surface area contributed by atoms with Crippen molar-refractivity contribution < 1.29 is 0 Å². The number of nitrogen functional groups attached to an aromatic ring is 1. The third-order valence-electron chi connectivity index (χ3n) is 2.61. The number of hydrogen-bond donors (Lipinski definition) is 2. The first-order valence-corrected chi connectivity index (χ1v) is 6.47. The van der Waals surface area contributed by atoms with E-state index in [0.717, 1.165) is 21.3 Å². The van der Waals surface area contributed by atoms with Crippen LogP contribution in [0.5, 0.6) is 0 Å². The standard InChI is InChI=1S/C12H13BrClN3/c1-6(2)10-11(16-17-12(10)15)8-5-7(14)3-4-9(8)13/h3-6H,1-2H3,(H3,15,16,17). The lowest BCUT2D eigenvalue weighted by Crippen LogP contribution is -1.95. The second-order valence-corrected chi connectivity index (χ2v) is 5.47. The maximum absolute atomic E-state index is 6.02. The van der Waals surface area contributed by atoms with Crippen LogP contribution in [0.3, 0.4) is 0 Å². The molecule has 2 rings (SSSR count). The molecule has 17 heavy (non-hydrogen) atoms.